The average Bonchev–Trinajstić information content (AvgIpc) is 3.29. The van der Waals surface area contributed by atoms with E-state index in [1.807, 2.05) is 35.7 Å². The van der Waals surface area contributed by atoms with Gasteiger partial charge in [-0.2, -0.15) is 5.26 Å². The molecule has 0 saturated carbocycles. The van der Waals surface area contributed by atoms with Crippen molar-refractivity contribution in [3.05, 3.63) is 70.4 Å². The maximum absolute atomic E-state index is 13.1. The highest BCUT2D eigenvalue weighted by molar-refractivity contribution is 7.09. The number of anilines is 1. The second-order valence-electron chi connectivity index (χ2n) is 6.28. The van der Waals surface area contributed by atoms with Crippen LogP contribution < -0.4 is 19.1 Å². The number of nitrogens with zero attached hydrogens (tertiary/aromatic N) is 2. The molecule has 4 rings (SSSR count). The van der Waals surface area contributed by atoms with Crippen molar-refractivity contribution in [1.82, 2.24) is 0 Å². The van der Waals surface area contributed by atoms with E-state index in [0.29, 0.717) is 48.3 Å². The summed E-state index contributed by atoms with van der Waals surface area (Å²) in [4.78, 5) is 15.8. The van der Waals surface area contributed by atoms with Gasteiger partial charge < -0.3 is 19.1 Å². The lowest BCUT2D eigenvalue weighted by atomic mass is 10.2. The zero-order valence-electron chi connectivity index (χ0n) is 15.5. The van der Waals surface area contributed by atoms with E-state index in [4.69, 9.17) is 14.2 Å². The first-order chi connectivity index (χ1) is 14.2. The van der Waals surface area contributed by atoms with Crippen LogP contribution in [0.4, 0.5) is 5.69 Å². The molecule has 6 nitrogen and oxygen atoms in total. The molecule has 0 saturated heterocycles. The predicted molar refractivity (Wildman–Crippen MR) is 110 cm³/mol. The van der Waals surface area contributed by atoms with Crippen molar-refractivity contribution in [2.75, 3.05) is 24.7 Å². The highest BCUT2D eigenvalue weighted by Crippen LogP contribution is 2.34. The number of carbonyl (C=O) groups is 1. The molecule has 0 N–H and O–H groups in total. The summed E-state index contributed by atoms with van der Waals surface area (Å²) in [7, 11) is 0. The van der Waals surface area contributed by atoms with Crippen LogP contribution in [0.2, 0.25) is 0 Å². The summed E-state index contributed by atoms with van der Waals surface area (Å²) in [6, 6.07) is 18.3. The molecule has 0 spiro atoms. The van der Waals surface area contributed by atoms with E-state index in [9.17, 15) is 10.1 Å². The second-order valence-corrected chi connectivity index (χ2v) is 7.32. The number of hydrogen-bond donors (Lipinski definition) is 0. The molecule has 0 fully saturated rings. The molecule has 3 aromatic rings. The van der Waals surface area contributed by atoms with Crippen molar-refractivity contribution in [3.63, 3.8) is 0 Å². The van der Waals surface area contributed by atoms with Crippen LogP contribution in [0.3, 0.4) is 0 Å². The Labute approximate surface area is 172 Å². The molecular formula is C22H18N2O4S. The van der Waals surface area contributed by atoms with Gasteiger partial charge in [-0.3, -0.25) is 4.79 Å². The normalized spacial score (nSPS) is 12.1. The van der Waals surface area contributed by atoms with Crippen LogP contribution in [0.1, 0.15) is 10.4 Å². The van der Waals surface area contributed by atoms with E-state index in [0.717, 1.165) is 4.88 Å². The molecule has 0 radical (unpaired) electrons. The van der Waals surface area contributed by atoms with Crippen molar-refractivity contribution < 1.29 is 19.0 Å². The predicted octanol–water partition coefficient (Wildman–Crippen LogP) is 4.00. The summed E-state index contributed by atoms with van der Waals surface area (Å²) in [5.74, 6) is 1.46. The van der Waals surface area contributed by atoms with Gasteiger partial charge in [0.2, 0.25) is 0 Å². The van der Waals surface area contributed by atoms with Crippen LogP contribution in [-0.4, -0.2) is 25.7 Å². The number of fused-ring (bicyclic) bond motifs is 1. The molecule has 7 heteroatoms. The molecule has 1 aliphatic rings. The fourth-order valence-electron chi connectivity index (χ4n) is 2.98. The lowest BCUT2D eigenvalue weighted by molar-refractivity contribution is -0.120. The molecule has 0 atom stereocenters. The van der Waals surface area contributed by atoms with Gasteiger partial charge in [0.05, 0.1) is 12.1 Å². The minimum absolute atomic E-state index is 0.182. The summed E-state index contributed by atoms with van der Waals surface area (Å²) >= 11 is 1.58. The van der Waals surface area contributed by atoms with Crippen molar-refractivity contribution in [2.24, 2.45) is 0 Å². The van der Waals surface area contributed by atoms with Gasteiger partial charge in [0.1, 0.15) is 25.0 Å². The number of amides is 1. The van der Waals surface area contributed by atoms with Crippen LogP contribution in [0.5, 0.6) is 17.2 Å². The summed E-state index contributed by atoms with van der Waals surface area (Å²) in [6.07, 6.45) is 0. The summed E-state index contributed by atoms with van der Waals surface area (Å²) in [6.45, 7) is 1.22. The van der Waals surface area contributed by atoms with Crippen LogP contribution in [-0.2, 0) is 11.3 Å². The van der Waals surface area contributed by atoms with E-state index in [-0.39, 0.29) is 12.5 Å². The zero-order valence-corrected chi connectivity index (χ0v) is 16.4. The smallest absolute Gasteiger partial charge is 0.265 e. The number of thiophene rings is 1. The quantitative estimate of drug-likeness (QED) is 0.619. The average molecular weight is 406 g/mol. The molecule has 1 aromatic heterocycles. The third-order valence-corrected chi connectivity index (χ3v) is 5.25. The van der Waals surface area contributed by atoms with Gasteiger partial charge in [0.25, 0.3) is 5.91 Å². The maximum Gasteiger partial charge on any atom is 0.265 e. The highest BCUT2D eigenvalue weighted by Gasteiger charge is 2.21. The number of rotatable bonds is 6. The topological polar surface area (TPSA) is 71.8 Å². The standard InChI is InChI=1S/C22H18N2O4S/c23-13-16-4-1-2-6-19(16)28-15-22(25)24(14-18-5-3-11-29-18)17-7-8-20-21(12-17)27-10-9-26-20/h1-8,11-12H,9-10,14-15H2. The number of nitriles is 1. The summed E-state index contributed by atoms with van der Waals surface area (Å²) in [5.41, 5.74) is 1.09. The van der Waals surface area contributed by atoms with E-state index in [2.05, 4.69) is 6.07 Å². The van der Waals surface area contributed by atoms with Gasteiger partial charge in [-0.25, -0.2) is 0 Å². The second kappa shape index (κ2) is 8.67. The molecule has 2 aromatic carbocycles. The SMILES string of the molecule is N#Cc1ccccc1OCC(=O)N(Cc1cccs1)c1ccc2c(c1)OCCO2. The van der Waals surface area contributed by atoms with Crippen molar-refractivity contribution in [2.45, 2.75) is 6.54 Å². The lowest BCUT2D eigenvalue weighted by Gasteiger charge is -2.25. The Hall–Kier alpha value is -3.50. The van der Waals surface area contributed by atoms with Gasteiger partial charge in [-0.05, 0) is 35.7 Å². The van der Waals surface area contributed by atoms with Gasteiger partial charge in [-0.15, -0.1) is 11.3 Å². The molecule has 146 valence electrons. The van der Waals surface area contributed by atoms with Gasteiger partial charge in [-0.1, -0.05) is 18.2 Å². The van der Waals surface area contributed by atoms with Gasteiger partial charge in [0.15, 0.2) is 18.1 Å². The van der Waals surface area contributed by atoms with E-state index in [1.54, 1.807) is 40.5 Å². The molecule has 29 heavy (non-hydrogen) atoms. The molecule has 0 unspecified atom stereocenters. The lowest BCUT2D eigenvalue weighted by Crippen LogP contribution is -2.34. The molecule has 2 heterocycles. The maximum atomic E-state index is 13.1. The summed E-state index contributed by atoms with van der Waals surface area (Å²) in [5, 5.41) is 11.2. The fraction of sp³-hybridized carbons (Fsp3) is 0.182. The Balaban J connectivity index is 1.57. The van der Waals surface area contributed by atoms with E-state index in [1.165, 1.54) is 0 Å². The third-order valence-electron chi connectivity index (χ3n) is 4.39. The van der Waals surface area contributed by atoms with Gasteiger partial charge in [0, 0.05) is 16.6 Å². The zero-order chi connectivity index (χ0) is 20.1. The Morgan fingerprint density at radius 2 is 1.93 bits per heavy atom. The van der Waals surface area contributed by atoms with Crippen molar-refractivity contribution >= 4 is 22.9 Å². The Bertz CT molecular complexity index is 1040. The van der Waals surface area contributed by atoms with Gasteiger partial charge >= 0.3 is 0 Å². The van der Waals surface area contributed by atoms with E-state index >= 15 is 0 Å². The molecular weight excluding hydrogens is 388 g/mol. The molecule has 1 amide bonds. The Kier molecular flexibility index (Phi) is 5.63. The minimum Gasteiger partial charge on any atom is -0.486 e. The van der Waals surface area contributed by atoms with Crippen LogP contribution in [0.25, 0.3) is 0 Å². The van der Waals surface area contributed by atoms with Crippen molar-refractivity contribution in [1.29, 1.82) is 5.26 Å². The first kappa shape index (κ1) is 18.8. The number of ether oxygens (including phenoxy) is 3. The number of benzene rings is 2. The first-order valence-electron chi connectivity index (χ1n) is 9.09. The summed E-state index contributed by atoms with van der Waals surface area (Å²) < 4.78 is 16.9. The fourth-order valence-corrected chi connectivity index (χ4v) is 3.68. The van der Waals surface area contributed by atoms with Crippen LogP contribution in [0.15, 0.2) is 60.0 Å². The van der Waals surface area contributed by atoms with Crippen LogP contribution >= 0.6 is 11.3 Å². The first-order valence-corrected chi connectivity index (χ1v) is 9.97. The Morgan fingerprint density at radius 1 is 1.10 bits per heavy atom. The minimum atomic E-state index is -0.220. The van der Waals surface area contributed by atoms with Crippen molar-refractivity contribution in [3.8, 4) is 23.3 Å². The number of hydrogen-bond acceptors (Lipinski definition) is 6. The highest BCUT2D eigenvalue weighted by atomic mass is 32.1. The largest absolute Gasteiger partial charge is 0.486 e. The monoisotopic (exact) mass is 406 g/mol. The number of carbonyl (C=O) groups excluding carboxylic acids is 1. The Morgan fingerprint density at radius 3 is 2.72 bits per heavy atom. The van der Waals surface area contributed by atoms with E-state index < -0.39 is 0 Å². The molecule has 0 bridgehead atoms. The third kappa shape index (κ3) is 4.33. The molecule has 1 aliphatic heterocycles. The van der Waals surface area contributed by atoms with Crippen LogP contribution in [0, 0.1) is 11.3 Å². The number of para-hydroxylation sites is 1. The molecule has 0 aliphatic carbocycles.